The third kappa shape index (κ3) is 4.61. The van der Waals surface area contributed by atoms with Crippen molar-refractivity contribution < 1.29 is 14.3 Å². The van der Waals surface area contributed by atoms with E-state index in [0.29, 0.717) is 23.4 Å². The van der Waals surface area contributed by atoms with Crippen molar-refractivity contribution >= 4 is 11.6 Å². The summed E-state index contributed by atoms with van der Waals surface area (Å²) in [5.41, 5.74) is 3.17. The van der Waals surface area contributed by atoms with E-state index in [1.54, 1.807) is 6.33 Å². The van der Waals surface area contributed by atoms with Gasteiger partial charge >= 0.3 is 0 Å². The highest BCUT2D eigenvalue weighted by atomic mass is 16.5. The lowest BCUT2D eigenvalue weighted by Crippen LogP contribution is -2.39. The number of amides is 1. The normalized spacial score (nSPS) is 23.4. The molecule has 0 atom stereocenters. The lowest BCUT2D eigenvalue weighted by Gasteiger charge is -2.29. The van der Waals surface area contributed by atoms with Crippen LogP contribution in [0.4, 0.5) is 0 Å². The van der Waals surface area contributed by atoms with Crippen LogP contribution in [-0.2, 0) is 9.47 Å². The Morgan fingerprint density at radius 1 is 1.24 bits per heavy atom. The lowest BCUT2D eigenvalue weighted by molar-refractivity contribution is 0.0227. The highest BCUT2D eigenvalue weighted by molar-refractivity contribution is 5.98. The molecule has 1 N–H and O–H groups in total. The first-order valence-corrected chi connectivity index (χ1v) is 11.0. The minimum absolute atomic E-state index is 0.124. The summed E-state index contributed by atoms with van der Waals surface area (Å²) in [6.45, 7) is 6.53. The summed E-state index contributed by atoms with van der Waals surface area (Å²) in [4.78, 5) is 22.2. The van der Waals surface area contributed by atoms with Crippen LogP contribution in [-0.4, -0.2) is 52.2 Å². The van der Waals surface area contributed by atoms with Crippen LogP contribution in [0.3, 0.4) is 0 Å². The molecule has 0 spiro atoms. The molecule has 7 nitrogen and oxygen atoms in total. The maximum Gasteiger partial charge on any atom is 0.274 e. The van der Waals surface area contributed by atoms with Gasteiger partial charge in [-0.2, -0.15) is 0 Å². The SMILES string of the molecule is CCCOC1CCC(NC(=O)c2ncn3c(C)cc(C4CCOCC4)nc23)CC1. The first kappa shape index (κ1) is 20.3. The second-order valence-electron chi connectivity index (χ2n) is 8.31. The van der Waals surface area contributed by atoms with Crippen molar-refractivity contribution in [1.29, 1.82) is 0 Å². The van der Waals surface area contributed by atoms with Crippen LogP contribution in [0.5, 0.6) is 0 Å². The number of nitrogens with zero attached hydrogens (tertiary/aromatic N) is 3. The molecule has 29 heavy (non-hydrogen) atoms. The molecule has 1 saturated carbocycles. The minimum Gasteiger partial charge on any atom is -0.381 e. The molecule has 0 radical (unpaired) electrons. The molecule has 0 bridgehead atoms. The van der Waals surface area contributed by atoms with Crippen LogP contribution in [0.25, 0.3) is 5.65 Å². The smallest absolute Gasteiger partial charge is 0.274 e. The molecule has 158 valence electrons. The molecule has 1 saturated heterocycles. The Hall–Kier alpha value is -1.99. The monoisotopic (exact) mass is 400 g/mol. The maximum atomic E-state index is 13.0. The Kier molecular flexibility index (Phi) is 6.45. The van der Waals surface area contributed by atoms with Crippen molar-refractivity contribution in [3.63, 3.8) is 0 Å². The average molecular weight is 401 g/mol. The number of carbonyl (C=O) groups is 1. The van der Waals surface area contributed by atoms with Gasteiger partial charge in [-0.15, -0.1) is 0 Å². The van der Waals surface area contributed by atoms with Crippen molar-refractivity contribution in [2.24, 2.45) is 0 Å². The number of hydrogen-bond acceptors (Lipinski definition) is 5. The van der Waals surface area contributed by atoms with Crippen LogP contribution >= 0.6 is 0 Å². The molecule has 0 unspecified atom stereocenters. The molecule has 7 heteroatoms. The van der Waals surface area contributed by atoms with Gasteiger partial charge in [0.2, 0.25) is 0 Å². The zero-order valence-corrected chi connectivity index (χ0v) is 17.5. The fraction of sp³-hybridized carbons (Fsp3) is 0.682. The molecule has 4 rings (SSSR count). The summed E-state index contributed by atoms with van der Waals surface area (Å²) in [6.07, 6.45) is 8.94. The Morgan fingerprint density at radius 2 is 2.00 bits per heavy atom. The van der Waals surface area contributed by atoms with Crippen LogP contribution < -0.4 is 5.32 Å². The van der Waals surface area contributed by atoms with Crippen LogP contribution in [0.2, 0.25) is 0 Å². The fourth-order valence-electron chi connectivity index (χ4n) is 4.42. The van der Waals surface area contributed by atoms with E-state index in [0.717, 1.165) is 76.2 Å². The second kappa shape index (κ2) is 9.22. The van der Waals surface area contributed by atoms with Crippen molar-refractivity contribution in [2.75, 3.05) is 19.8 Å². The van der Waals surface area contributed by atoms with E-state index >= 15 is 0 Å². The molecular formula is C22H32N4O3. The number of carbonyl (C=O) groups excluding carboxylic acids is 1. The number of fused-ring (bicyclic) bond motifs is 1. The highest BCUT2D eigenvalue weighted by Gasteiger charge is 2.26. The van der Waals surface area contributed by atoms with Crippen molar-refractivity contribution in [1.82, 2.24) is 19.7 Å². The number of ether oxygens (including phenoxy) is 2. The van der Waals surface area contributed by atoms with Crippen molar-refractivity contribution in [3.8, 4) is 0 Å². The Labute approximate surface area is 172 Å². The van der Waals surface area contributed by atoms with Gasteiger partial charge in [0.25, 0.3) is 5.91 Å². The zero-order chi connectivity index (χ0) is 20.2. The average Bonchev–Trinajstić information content (AvgIpc) is 3.19. The molecule has 2 aromatic heterocycles. The molecule has 3 heterocycles. The van der Waals surface area contributed by atoms with Crippen LogP contribution in [0.1, 0.15) is 79.7 Å². The molecule has 1 aliphatic carbocycles. The molecule has 2 fully saturated rings. The number of hydrogen-bond donors (Lipinski definition) is 1. The van der Waals surface area contributed by atoms with Crippen molar-refractivity contribution in [2.45, 2.75) is 76.9 Å². The van der Waals surface area contributed by atoms with Gasteiger partial charge in [-0.25, -0.2) is 9.97 Å². The van der Waals surface area contributed by atoms with Gasteiger partial charge in [-0.05, 0) is 57.9 Å². The van der Waals surface area contributed by atoms with Gasteiger partial charge in [-0.3, -0.25) is 9.20 Å². The predicted octanol–water partition coefficient (Wildman–Crippen LogP) is 3.40. The topological polar surface area (TPSA) is 77.8 Å². The van der Waals surface area contributed by atoms with Gasteiger partial charge in [-0.1, -0.05) is 6.92 Å². The van der Waals surface area contributed by atoms with Gasteiger partial charge < -0.3 is 14.8 Å². The molecule has 2 aliphatic rings. The molecule has 1 aliphatic heterocycles. The zero-order valence-electron chi connectivity index (χ0n) is 17.5. The summed E-state index contributed by atoms with van der Waals surface area (Å²) in [6, 6.07) is 2.30. The Bertz CT molecular complexity index is 836. The summed E-state index contributed by atoms with van der Waals surface area (Å²) in [7, 11) is 0. The molecular weight excluding hydrogens is 368 g/mol. The van der Waals surface area contributed by atoms with Crippen LogP contribution in [0.15, 0.2) is 12.4 Å². The van der Waals surface area contributed by atoms with E-state index < -0.39 is 0 Å². The van der Waals surface area contributed by atoms with Crippen LogP contribution in [0, 0.1) is 6.92 Å². The highest BCUT2D eigenvalue weighted by Crippen LogP contribution is 2.27. The third-order valence-electron chi connectivity index (χ3n) is 6.14. The second-order valence-corrected chi connectivity index (χ2v) is 8.31. The Balaban J connectivity index is 1.46. The van der Waals surface area contributed by atoms with E-state index in [1.165, 1.54) is 0 Å². The molecule has 2 aromatic rings. The standard InChI is InChI=1S/C22H32N4O3/c1-3-10-29-18-6-4-17(5-7-18)24-22(27)20-21-25-19(16-8-11-28-12-9-16)13-15(2)26(21)14-23-20/h13-14,16-18H,3-12H2,1-2H3,(H,24,27). The number of aryl methyl sites for hydroxylation is 1. The largest absolute Gasteiger partial charge is 0.381 e. The lowest BCUT2D eigenvalue weighted by atomic mass is 9.93. The van der Waals surface area contributed by atoms with E-state index in [9.17, 15) is 4.79 Å². The maximum absolute atomic E-state index is 13.0. The molecule has 0 aromatic carbocycles. The summed E-state index contributed by atoms with van der Waals surface area (Å²) in [5, 5.41) is 3.18. The van der Waals surface area contributed by atoms with E-state index in [-0.39, 0.29) is 11.9 Å². The van der Waals surface area contributed by atoms with Gasteiger partial charge in [0.05, 0.1) is 6.10 Å². The first-order valence-electron chi connectivity index (χ1n) is 11.0. The number of aromatic nitrogens is 3. The minimum atomic E-state index is -0.124. The molecule has 1 amide bonds. The number of imidazole rings is 1. The fourth-order valence-corrected chi connectivity index (χ4v) is 4.42. The van der Waals surface area contributed by atoms with Gasteiger partial charge in [0.1, 0.15) is 6.33 Å². The summed E-state index contributed by atoms with van der Waals surface area (Å²) < 4.78 is 13.2. The third-order valence-corrected chi connectivity index (χ3v) is 6.14. The van der Waals surface area contributed by atoms with Gasteiger partial charge in [0, 0.05) is 43.2 Å². The van der Waals surface area contributed by atoms with E-state index in [2.05, 4.69) is 23.3 Å². The predicted molar refractivity (Wildman–Crippen MR) is 110 cm³/mol. The van der Waals surface area contributed by atoms with E-state index in [4.69, 9.17) is 14.5 Å². The van der Waals surface area contributed by atoms with Crippen molar-refractivity contribution in [3.05, 3.63) is 29.5 Å². The Morgan fingerprint density at radius 3 is 2.72 bits per heavy atom. The van der Waals surface area contributed by atoms with E-state index in [1.807, 2.05) is 11.3 Å². The summed E-state index contributed by atoms with van der Waals surface area (Å²) in [5.74, 6) is 0.262. The van der Waals surface area contributed by atoms with Gasteiger partial charge in [0.15, 0.2) is 11.3 Å². The quantitative estimate of drug-likeness (QED) is 0.804. The number of rotatable bonds is 6. The number of nitrogens with one attached hydrogen (secondary N) is 1. The first-order chi connectivity index (χ1) is 14.2. The summed E-state index contributed by atoms with van der Waals surface area (Å²) >= 11 is 0.